The molecule has 0 radical (unpaired) electrons. The van der Waals surface area contributed by atoms with E-state index in [1.165, 1.54) is 23.6 Å². The maximum atomic E-state index is 3.60. The summed E-state index contributed by atoms with van der Waals surface area (Å²) in [4.78, 5) is 0. The standard InChI is InChI=1S/C9H7.2C4H9.Hf/c1-2-5-9-7-3-6-8(9)4-1;2*1-3-4-2;/h1-7H;2*1,3-4H2,2H3;/q3*-1;. The van der Waals surface area contributed by atoms with Gasteiger partial charge < -0.3 is 13.8 Å². The van der Waals surface area contributed by atoms with Crippen molar-refractivity contribution >= 4 is 10.8 Å². The van der Waals surface area contributed by atoms with E-state index >= 15 is 0 Å². The summed E-state index contributed by atoms with van der Waals surface area (Å²) in [5.41, 5.74) is 0. The molecule has 0 aliphatic rings. The summed E-state index contributed by atoms with van der Waals surface area (Å²) in [6.07, 6.45) is 4.56. The Bertz CT molecular complexity index is 324. The molecule has 0 aliphatic heterocycles. The normalized spacial score (nSPS) is 8.44. The molecule has 2 rings (SSSR count). The van der Waals surface area contributed by atoms with Gasteiger partial charge in [0.2, 0.25) is 0 Å². The molecule has 0 spiro atoms. The minimum Gasteiger partial charge on any atom is -0.343 e. The van der Waals surface area contributed by atoms with Crippen LogP contribution in [0, 0.1) is 13.8 Å². The first kappa shape index (κ1) is 20.0. The topological polar surface area (TPSA) is 0 Å². The Morgan fingerprint density at radius 1 is 0.944 bits per heavy atom. The molecule has 0 amide bonds. The van der Waals surface area contributed by atoms with Crippen molar-refractivity contribution in [1.82, 2.24) is 0 Å². The molecule has 100 valence electrons. The van der Waals surface area contributed by atoms with Gasteiger partial charge in [-0.25, -0.2) is 0 Å². The van der Waals surface area contributed by atoms with Crippen molar-refractivity contribution in [1.29, 1.82) is 0 Å². The summed E-state index contributed by atoms with van der Waals surface area (Å²) in [6, 6.07) is 14.7. The largest absolute Gasteiger partial charge is 0.343 e. The first-order chi connectivity index (χ1) is 8.29. The third kappa shape index (κ3) is 9.70. The Morgan fingerprint density at radius 2 is 1.44 bits per heavy atom. The van der Waals surface area contributed by atoms with Crippen molar-refractivity contribution in [3.63, 3.8) is 0 Å². The first-order valence-corrected chi connectivity index (χ1v) is 6.49. The van der Waals surface area contributed by atoms with Gasteiger partial charge in [-0.05, 0) is 0 Å². The summed E-state index contributed by atoms with van der Waals surface area (Å²) < 4.78 is 0. The molecule has 0 bridgehead atoms. The minimum atomic E-state index is 0. The second kappa shape index (κ2) is 14.8. The van der Waals surface area contributed by atoms with E-state index in [1.54, 1.807) is 0 Å². The Labute approximate surface area is 132 Å². The van der Waals surface area contributed by atoms with Crippen LogP contribution in [0.3, 0.4) is 0 Å². The molecule has 0 saturated heterocycles. The molecule has 0 N–H and O–H groups in total. The van der Waals surface area contributed by atoms with Gasteiger partial charge in [0.1, 0.15) is 0 Å². The fourth-order valence-corrected chi connectivity index (χ4v) is 1.07. The maximum Gasteiger partial charge on any atom is 0 e. The molecule has 0 fully saturated rings. The first-order valence-electron chi connectivity index (χ1n) is 6.49. The average molecular weight is 408 g/mol. The van der Waals surface area contributed by atoms with E-state index in [0.717, 1.165) is 12.8 Å². The van der Waals surface area contributed by atoms with E-state index in [9.17, 15) is 0 Å². The van der Waals surface area contributed by atoms with Crippen molar-refractivity contribution in [2.45, 2.75) is 39.5 Å². The Balaban J connectivity index is 0. The fraction of sp³-hybridized carbons (Fsp3) is 0.353. The van der Waals surface area contributed by atoms with E-state index in [2.05, 4.69) is 70.2 Å². The second-order valence-corrected chi connectivity index (χ2v) is 3.86. The molecule has 0 aliphatic carbocycles. The van der Waals surface area contributed by atoms with E-state index < -0.39 is 0 Å². The SMILES string of the molecule is [CH2-]CCC.[CH2-]CCC.[Hf].c1ccc2[cH-]ccc2c1. The van der Waals surface area contributed by atoms with Crippen LogP contribution in [-0.2, 0) is 25.8 Å². The molecule has 0 unspecified atom stereocenters. The third-order valence-electron chi connectivity index (χ3n) is 2.25. The Hall–Kier alpha value is -0.300. The van der Waals surface area contributed by atoms with Gasteiger partial charge in [-0.2, -0.15) is 30.4 Å². The fourth-order valence-electron chi connectivity index (χ4n) is 1.07. The molecule has 0 heterocycles. The van der Waals surface area contributed by atoms with Gasteiger partial charge >= 0.3 is 0 Å². The number of benzene rings is 1. The van der Waals surface area contributed by atoms with Gasteiger partial charge in [0.15, 0.2) is 0 Å². The van der Waals surface area contributed by atoms with E-state index in [1.807, 2.05) is 0 Å². The van der Waals surface area contributed by atoms with Crippen LogP contribution in [0.5, 0.6) is 0 Å². The Morgan fingerprint density at radius 3 is 1.89 bits per heavy atom. The number of hydrogen-bond donors (Lipinski definition) is 0. The van der Waals surface area contributed by atoms with Gasteiger partial charge in [0.05, 0.1) is 0 Å². The van der Waals surface area contributed by atoms with Crippen molar-refractivity contribution in [2.24, 2.45) is 0 Å². The van der Waals surface area contributed by atoms with Crippen LogP contribution in [0.1, 0.15) is 39.5 Å². The molecule has 0 aromatic heterocycles. The number of rotatable bonds is 2. The Kier molecular flexibility index (Phi) is 16.4. The van der Waals surface area contributed by atoms with Crippen LogP contribution in [0.25, 0.3) is 10.8 Å². The van der Waals surface area contributed by atoms with Gasteiger partial charge in [-0.1, -0.05) is 32.8 Å². The predicted octanol–water partition coefficient (Wildman–Crippen LogP) is 5.80. The predicted molar refractivity (Wildman–Crippen MR) is 80.1 cm³/mol. The van der Waals surface area contributed by atoms with Crippen molar-refractivity contribution in [2.75, 3.05) is 0 Å². The number of fused-ring (bicyclic) bond motifs is 1. The molecule has 2 aromatic rings. The van der Waals surface area contributed by atoms with E-state index in [-0.39, 0.29) is 25.8 Å². The van der Waals surface area contributed by atoms with Gasteiger partial charge in [0.25, 0.3) is 0 Å². The zero-order chi connectivity index (χ0) is 12.9. The molecule has 0 nitrogen and oxygen atoms in total. The molecular formula is C17H25Hf-3. The average Bonchev–Trinajstić information content (AvgIpc) is 2.87. The van der Waals surface area contributed by atoms with Crippen molar-refractivity contribution in [3.8, 4) is 0 Å². The van der Waals surface area contributed by atoms with Gasteiger partial charge in [-0.3, -0.25) is 0 Å². The monoisotopic (exact) mass is 409 g/mol. The number of unbranched alkanes of at least 4 members (excludes halogenated alkanes) is 2. The van der Waals surface area contributed by atoms with E-state index in [0.29, 0.717) is 0 Å². The molecule has 0 saturated carbocycles. The van der Waals surface area contributed by atoms with Gasteiger partial charge in [0, 0.05) is 25.8 Å². The second-order valence-electron chi connectivity index (χ2n) is 3.86. The summed E-state index contributed by atoms with van der Waals surface area (Å²) in [5.74, 6) is 0. The number of hydrogen-bond acceptors (Lipinski definition) is 0. The maximum absolute atomic E-state index is 3.60. The van der Waals surface area contributed by atoms with Gasteiger partial charge in [-0.15, -0.1) is 29.7 Å². The van der Waals surface area contributed by atoms with Crippen LogP contribution in [0.15, 0.2) is 42.5 Å². The van der Waals surface area contributed by atoms with Crippen LogP contribution < -0.4 is 0 Å². The zero-order valence-corrected chi connectivity index (χ0v) is 15.4. The quantitative estimate of drug-likeness (QED) is 0.436. The van der Waals surface area contributed by atoms with Crippen molar-refractivity contribution in [3.05, 3.63) is 56.3 Å². The zero-order valence-electron chi connectivity index (χ0n) is 11.8. The molecular weight excluding hydrogens is 383 g/mol. The van der Waals surface area contributed by atoms with Crippen LogP contribution in [0.4, 0.5) is 0 Å². The van der Waals surface area contributed by atoms with Crippen LogP contribution >= 0.6 is 0 Å². The van der Waals surface area contributed by atoms with Crippen LogP contribution in [-0.4, -0.2) is 0 Å². The van der Waals surface area contributed by atoms with Crippen LogP contribution in [0.2, 0.25) is 0 Å². The summed E-state index contributed by atoms with van der Waals surface area (Å²) in [7, 11) is 0. The van der Waals surface area contributed by atoms with Crippen molar-refractivity contribution < 1.29 is 25.8 Å². The molecule has 2 aromatic carbocycles. The summed E-state index contributed by atoms with van der Waals surface area (Å²) >= 11 is 0. The van der Waals surface area contributed by atoms with E-state index in [4.69, 9.17) is 0 Å². The molecule has 1 heteroatoms. The molecule has 0 atom stereocenters. The third-order valence-corrected chi connectivity index (χ3v) is 2.25. The molecule has 18 heavy (non-hydrogen) atoms. The summed E-state index contributed by atoms with van der Waals surface area (Å²) in [6.45, 7) is 11.4. The smallest absolute Gasteiger partial charge is 0 e. The minimum absolute atomic E-state index is 0. The summed E-state index contributed by atoms with van der Waals surface area (Å²) in [5, 5.41) is 2.66.